The molecule has 5 atom stereocenters. The Labute approximate surface area is 200 Å². The highest BCUT2D eigenvalue weighted by atomic mass is 16.6. The van der Waals surface area contributed by atoms with Crippen LogP contribution in [0.25, 0.3) is 0 Å². The lowest BCUT2D eigenvalue weighted by Gasteiger charge is -2.37. The van der Waals surface area contributed by atoms with Crippen molar-refractivity contribution in [1.29, 1.82) is 0 Å². The number of benzene rings is 1. The molecule has 1 aromatic rings. The van der Waals surface area contributed by atoms with E-state index >= 15 is 0 Å². The van der Waals surface area contributed by atoms with E-state index in [9.17, 15) is 19.5 Å². The molecule has 3 aliphatic heterocycles. The van der Waals surface area contributed by atoms with E-state index in [2.05, 4.69) is 6.58 Å². The van der Waals surface area contributed by atoms with Crippen LogP contribution in [0.5, 0.6) is 0 Å². The third-order valence-electron chi connectivity index (χ3n) is 7.38. The van der Waals surface area contributed by atoms with Crippen molar-refractivity contribution in [1.82, 2.24) is 4.90 Å². The smallest absolute Gasteiger partial charge is 0.312 e. The number of aryl methyl sites for hydroxylation is 2. The largest absolute Gasteiger partial charge is 0.466 e. The molecule has 2 bridgehead atoms. The average molecular weight is 471 g/mol. The van der Waals surface area contributed by atoms with Gasteiger partial charge in [0.25, 0.3) is 5.91 Å². The van der Waals surface area contributed by atoms with Crippen molar-refractivity contribution in [3.63, 3.8) is 0 Å². The molecule has 3 fully saturated rings. The van der Waals surface area contributed by atoms with Gasteiger partial charge in [-0.25, -0.2) is 0 Å². The summed E-state index contributed by atoms with van der Waals surface area (Å²) in [6, 6.07) is 5.02. The highest BCUT2D eigenvalue weighted by Crippen LogP contribution is 2.59. The lowest BCUT2D eigenvalue weighted by molar-refractivity contribution is -0.154. The van der Waals surface area contributed by atoms with Crippen molar-refractivity contribution in [2.45, 2.75) is 57.8 Å². The van der Waals surface area contributed by atoms with Crippen molar-refractivity contribution in [3.8, 4) is 0 Å². The molecule has 0 radical (unpaired) electrons. The van der Waals surface area contributed by atoms with E-state index in [-0.39, 0.29) is 38.1 Å². The van der Waals surface area contributed by atoms with E-state index in [0.717, 1.165) is 16.8 Å². The van der Waals surface area contributed by atoms with Crippen LogP contribution in [-0.2, 0) is 23.9 Å². The van der Waals surface area contributed by atoms with E-state index in [1.807, 2.05) is 32.0 Å². The fourth-order valence-corrected chi connectivity index (χ4v) is 6.01. The molecule has 3 heterocycles. The van der Waals surface area contributed by atoms with Crippen LogP contribution in [0.3, 0.4) is 0 Å². The number of likely N-dealkylation sites (tertiary alicyclic amines) is 1. The van der Waals surface area contributed by atoms with Crippen molar-refractivity contribution >= 4 is 23.5 Å². The van der Waals surface area contributed by atoms with Gasteiger partial charge in [-0.15, -0.1) is 6.58 Å². The predicted molar refractivity (Wildman–Crippen MR) is 126 cm³/mol. The van der Waals surface area contributed by atoms with Crippen LogP contribution < -0.4 is 4.90 Å². The van der Waals surface area contributed by atoms with Crippen molar-refractivity contribution in [3.05, 3.63) is 42.0 Å². The molecule has 34 heavy (non-hydrogen) atoms. The van der Waals surface area contributed by atoms with Gasteiger partial charge in [-0.05, 0) is 57.2 Å². The number of hydrogen-bond acceptors (Lipinski definition) is 6. The Hall–Kier alpha value is -2.71. The molecule has 2 amide bonds. The van der Waals surface area contributed by atoms with Gasteiger partial charge >= 0.3 is 5.97 Å². The summed E-state index contributed by atoms with van der Waals surface area (Å²) in [7, 11) is 0. The van der Waals surface area contributed by atoms with Gasteiger partial charge in [0, 0.05) is 25.4 Å². The van der Waals surface area contributed by atoms with Crippen molar-refractivity contribution in [2.24, 2.45) is 11.8 Å². The Morgan fingerprint density at radius 1 is 1.38 bits per heavy atom. The number of ether oxygens (including phenoxy) is 2. The number of aliphatic hydroxyl groups excluding tert-OH is 1. The van der Waals surface area contributed by atoms with E-state index in [4.69, 9.17) is 9.47 Å². The molecule has 3 aliphatic rings. The van der Waals surface area contributed by atoms with Crippen LogP contribution >= 0.6 is 0 Å². The quantitative estimate of drug-likeness (QED) is 0.439. The number of hydrogen-bond donors (Lipinski definition) is 1. The van der Waals surface area contributed by atoms with Crippen molar-refractivity contribution in [2.75, 3.05) is 31.2 Å². The summed E-state index contributed by atoms with van der Waals surface area (Å²) >= 11 is 0. The Morgan fingerprint density at radius 3 is 2.82 bits per heavy atom. The summed E-state index contributed by atoms with van der Waals surface area (Å²) < 4.78 is 11.7. The van der Waals surface area contributed by atoms with Crippen LogP contribution in [0, 0.1) is 25.7 Å². The number of rotatable bonds is 9. The van der Waals surface area contributed by atoms with Gasteiger partial charge in [0.1, 0.15) is 11.6 Å². The second kappa shape index (κ2) is 9.50. The molecule has 1 N–H and O–H groups in total. The minimum atomic E-state index is -1.08. The predicted octanol–water partition coefficient (Wildman–Crippen LogP) is 2.14. The van der Waals surface area contributed by atoms with Gasteiger partial charge in [0.2, 0.25) is 5.91 Å². The number of carbonyl (C=O) groups excluding carboxylic acids is 3. The van der Waals surface area contributed by atoms with Crippen LogP contribution in [-0.4, -0.2) is 71.8 Å². The van der Waals surface area contributed by atoms with E-state index in [0.29, 0.717) is 19.3 Å². The first-order valence-electron chi connectivity index (χ1n) is 12.1. The number of esters is 1. The Bertz CT molecular complexity index is 994. The maximum Gasteiger partial charge on any atom is 0.312 e. The SMILES string of the molecule is C=CCN(C(=O)[C@@H]1N(CCCO)C(=O)[C@H]2[C@H](C(=O)OCC)[C@@H]3CC[C@]12O3)c1cc(C)ccc1C. The standard InChI is InChI=1S/C26H34N2O6/c1-5-12-27(18-15-16(3)8-9-17(18)4)24(31)22-26-11-10-19(34-26)20(25(32)33-6-2)21(26)23(30)28(22)13-7-14-29/h5,8-9,15,19-22,29H,1,6-7,10-14H2,2-4H3/t19-,20+,21+,22-,26+/m0/s1. The molecule has 3 saturated heterocycles. The van der Waals surface area contributed by atoms with Crippen LogP contribution in [0.4, 0.5) is 5.69 Å². The van der Waals surface area contributed by atoms with Crippen molar-refractivity contribution < 1.29 is 29.0 Å². The topological polar surface area (TPSA) is 96.4 Å². The number of fused-ring (bicyclic) bond motifs is 1. The van der Waals surface area contributed by atoms with Gasteiger partial charge in [0.15, 0.2) is 0 Å². The second-order valence-electron chi connectivity index (χ2n) is 9.44. The number of carbonyl (C=O) groups is 3. The molecule has 8 nitrogen and oxygen atoms in total. The summed E-state index contributed by atoms with van der Waals surface area (Å²) in [5.41, 5.74) is 1.62. The van der Waals surface area contributed by atoms with Crippen LogP contribution in [0.2, 0.25) is 0 Å². The molecule has 0 unspecified atom stereocenters. The summed E-state index contributed by atoms with van der Waals surface area (Å²) in [6.45, 7) is 10.1. The summed E-state index contributed by atoms with van der Waals surface area (Å²) in [6.07, 6.45) is 2.67. The molecule has 0 aliphatic carbocycles. The van der Waals surface area contributed by atoms with E-state index in [1.54, 1.807) is 17.9 Å². The fraction of sp³-hybridized carbons (Fsp3) is 0.577. The monoisotopic (exact) mass is 470 g/mol. The summed E-state index contributed by atoms with van der Waals surface area (Å²) in [5.74, 6) is -2.45. The first kappa shape index (κ1) is 24.4. The normalized spacial score (nSPS) is 29.3. The van der Waals surface area contributed by atoms with Crippen LogP contribution in [0.1, 0.15) is 37.3 Å². The van der Waals surface area contributed by atoms with Gasteiger partial charge in [-0.2, -0.15) is 0 Å². The molecule has 184 valence electrons. The number of aliphatic hydroxyl groups is 1. The zero-order chi connectivity index (χ0) is 24.6. The van der Waals surface area contributed by atoms with Gasteiger partial charge in [0.05, 0.1) is 24.5 Å². The number of nitrogens with zero attached hydrogens (tertiary/aromatic N) is 2. The van der Waals surface area contributed by atoms with Gasteiger partial charge in [-0.1, -0.05) is 18.2 Å². The molecule has 4 rings (SSSR count). The second-order valence-corrected chi connectivity index (χ2v) is 9.44. The lowest BCUT2D eigenvalue weighted by atomic mass is 9.70. The molecular formula is C26H34N2O6. The first-order chi connectivity index (χ1) is 16.3. The van der Waals surface area contributed by atoms with Gasteiger partial charge < -0.3 is 24.4 Å². The fourth-order valence-electron chi connectivity index (χ4n) is 6.01. The number of amides is 2. The van der Waals surface area contributed by atoms with Crippen LogP contribution in [0.15, 0.2) is 30.9 Å². The molecule has 0 saturated carbocycles. The van der Waals surface area contributed by atoms with E-state index in [1.165, 1.54) is 4.90 Å². The number of anilines is 1. The summed E-state index contributed by atoms with van der Waals surface area (Å²) in [4.78, 5) is 44.0. The Morgan fingerprint density at radius 2 is 2.15 bits per heavy atom. The lowest BCUT2D eigenvalue weighted by Crippen LogP contribution is -2.56. The minimum absolute atomic E-state index is 0.111. The molecule has 0 aromatic heterocycles. The third kappa shape index (κ3) is 3.73. The Balaban J connectivity index is 1.78. The molecule has 8 heteroatoms. The highest BCUT2D eigenvalue weighted by Gasteiger charge is 2.75. The maximum absolute atomic E-state index is 14.3. The Kier molecular flexibility index (Phi) is 6.82. The summed E-state index contributed by atoms with van der Waals surface area (Å²) in [5, 5.41) is 9.47. The first-order valence-corrected chi connectivity index (χ1v) is 12.1. The molecule has 1 spiro atoms. The highest BCUT2D eigenvalue weighted by molar-refractivity contribution is 6.05. The maximum atomic E-state index is 14.3. The van der Waals surface area contributed by atoms with Gasteiger partial charge in [-0.3, -0.25) is 14.4 Å². The molecule has 1 aromatic carbocycles. The molecular weight excluding hydrogens is 436 g/mol. The zero-order valence-corrected chi connectivity index (χ0v) is 20.2. The van der Waals surface area contributed by atoms with E-state index < -0.39 is 35.6 Å². The third-order valence-corrected chi connectivity index (χ3v) is 7.38. The zero-order valence-electron chi connectivity index (χ0n) is 20.2. The minimum Gasteiger partial charge on any atom is -0.466 e. The average Bonchev–Trinajstić information content (AvgIpc) is 3.45.